The summed E-state index contributed by atoms with van der Waals surface area (Å²) in [7, 11) is 1.33. The monoisotopic (exact) mass is 246 g/mol. The summed E-state index contributed by atoms with van der Waals surface area (Å²) >= 11 is 0. The van der Waals surface area contributed by atoms with Crippen LogP contribution in [-0.2, 0) is 4.74 Å². The molecule has 0 aliphatic carbocycles. The van der Waals surface area contributed by atoms with Crippen molar-refractivity contribution in [1.29, 1.82) is 0 Å². The summed E-state index contributed by atoms with van der Waals surface area (Å²) in [5.41, 5.74) is 1.27. The predicted octanol–water partition coefficient (Wildman–Crippen LogP) is 1.98. The van der Waals surface area contributed by atoms with Crippen LogP contribution >= 0.6 is 0 Å². The number of hydrogen-bond donors (Lipinski definition) is 1. The second kappa shape index (κ2) is 4.91. The molecule has 1 heterocycles. The Morgan fingerprint density at radius 2 is 2.28 bits per heavy atom. The molecule has 0 aliphatic heterocycles. The van der Waals surface area contributed by atoms with E-state index in [1.54, 1.807) is 29.1 Å². The summed E-state index contributed by atoms with van der Waals surface area (Å²) in [4.78, 5) is 15.5. The van der Waals surface area contributed by atoms with Crippen LogP contribution in [0.1, 0.15) is 29.0 Å². The predicted molar refractivity (Wildman–Crippen MR) is 65.5 cm³/mol. The summed E-state index contributed by atoms with van der Waals surface area (Å²) in [6.07, 6.45) is 3.03. The summed E-state index contributed by atoms with van der Waals surface area (Å²) in [5, 5.41) is 9.47. The molecule has 1 aromatic heterocycles. The minimum atomic E-state index is -0.431. The molecule has 2 aromatic rings. The Hall–Kier alpha value is -2.30. The lowest BCUT2D eigenvalue weighted by atomic mass is 10.1. The summed E-state index contributed by atoms with van der Waals surface area (Å²) in [6, 6.07) is 6.78. The van der Waals surface area contributed by atoms with E-state index in [2.05, 4.69) is 4.98 Å². The van der Waals surface area contributed by atoms with E-state index in [-0.39, 0.29) is 11.8 Å². The van der Waals surface area contributed by atoms with Gasteiger partial charge in [-0.15, -0.1) is 0 Å². The summed E-state index contributed by atoms with van der Waals surface area (Å²) < 4.78 is 6.40. The van der Waals surface area contributed by atoms with Crippen molar-refractivity contribution in [3.05, 3.63) is 48.0 Å². The fraction of sp³-hybridized carbons (Fsp3) is 0.231. The van der Waals surface area contributed by atoms with Crippen molar-refractivity contribution in [2.75, 3.05) is 7.11 Å². The van der Waals surface area contributed by atoms with Crippen LogP contribution in [-0.4, -0.2) is 27.7 Å². The normalized spacial score (nSPS) is 12.1. The number of rotatable bonds is 3. The van der Waals surface area contributed by atoms with Gasteiger partial charge in [0.25, 0.3) is 0 Å². The van der Waals surface area contributed by atoms with E-state index in [1.807, 2.05) is 13.0 Å². The minimum Gasteiger partial charge on any atom is -0.508 e. The molecule has 0 saturated heterocycles. The van der Waals surface area contributed by atoms with Gasteiger partial charge >= 0.3 is 5.97 Å². The van der Waals surface area contributed by atoms with Gasteiger partial charge in [-0.2, -0.15) is 0 Å². The summed E-state index contributed by atoms with van der Waals surface area (Å²) in [5.74, 6) is -0.237. The third kappa shape index (κ3) is 2.20. The molecule has 1 N–H and O–H groups in total. The van der Waals surface area contributed by atoms with Gasteiger partial charge < -0.3 is 14.4 Å². The highest BCUT2D eigenvalue weighted by molar-refractivity contribution is 5.87. The van der Waals surface area contributed by atoms with Crippen molar-refractivity contribution < 1.29 is 14.6 Å². The molecule has 0 saturated carbocycles. The highest BCUT2D eigenvalue weighted by Gasteiger charge is 2.17. The quantitative estimate of drug-likeness (QED) is 0.841. The average Bonchev–Trinajstić information content (AvgIpc) is 2.86. The number of benzene rings is 1. The van der Waals surface area contributed by atoms with Gasteiger partial charge in [-0.25, -0.2) is 9.78 Å². The molecule has 2 rings (SSSR count). The van der Waals surface area contributed by atoms with E-state index in [0.29, 0.717) is 5.69 Å². The van der Waals surface area contributed by atoms with Gasteiger partial charge in [0.2, 0.25) is 0 Å². The molecule has 94 valence electrons. The van der Waals surface area contributed by atoms with Crippen molar-refractivity contribution in [3.63, 3.8) is 0 Å². The maximum atomic E-state index is 11.6. The van der Waals surface area contributed by atoms with Crippen LogP contribution in [0.3, 0.4) is 0 Å². The van der Waals surface area contributed by atoms with Gasteiger partial charge in [0.05, 0.1) is 25.7 Å². The van der Waals surface area contributed by atoms with Crippen LogP contribution in [0, 0.1) is 0 Å². The maximum Gasteiger partial charge on any atom is 0.356 e. The molecule has 1 unspecified atom stereocenters. The zero-order valence-electron chi connectivity index (χ0n) is 10.2. The van der Waals surface area contributed by atoms with E-state index in [1.165, 1.54) is 13.3 Å². The number of nitrogens with zero attached hydrogens (tertiary/aromatic N) is 2. The molecule has 0 aliphatic rings. The highest BCUT2D eigenvalue weighted by Crippen LogP contribution is 2.23. The first-order valence-corrected chi connectivity index (χ1v) is 5.52. The molecule has 0 bridgehead atoms. The topological polar surface area (TPSA) is 64.3 Å². The SMILES string of the molecule is COC(=O)c1cncn1C(C)c1cccc(O)c1. The highest BCUT2D eigenvalue weighted by atomic mass is 16.5. The number of carbonyl (C=O) groups is 1. The molecule has 5 heteroatoms. The van der Waals surface area contributed by atoms with Crippen molar-refractivity contribution in [1.82, 2.24) is 9.55 Å². The van der Waals surface area contributed by atoms with Crippen molar-refractivity contribution in [3.8, 4) is 5.75 Å². The van der Waals surface area contributed by atoms with Gasteiger partial charge in [0.15, 0.2) is 0 Å². The zero-order chi connectivity index (χ0) is 13.1. The second-order valence-corrected chi connectivity index (χ2v) is 3.95. The average molecular weight is 246 g/mol. The first-order chi connectivity index (χ1) is 8.63. The molecule has 1 aromatic carbocycles. The molecule has 1 atom stereocenters. The van der Waals surface area contributed by atoms with Crippen LogP contribution in [0.2, 0.25) is 0 Å². The van der Waals surface area contributed by atoms with Gasteiger partial charge in [-0.3, -0.25) is 0 Å². The lowest BCUT2D eigenvalue weighted by molar-refractivity contribution is 0.0587. The fourth-order valence-corrected chi connectivity index (χ4v) is 1.82. The molecule has 0 spiro atoms. The second-order valence-electron chi connectivity index (χ2n) is 3.95. The number of esters is 1. The zero-order valence-corrected chi connectivity index (χ0v) is 10.2. The Morgan fingerprint density at radius 1 is 1.50 bits per heavy atom. The first kappa shape index (κ1) is 12.2. The maximum absolute atomic E-state index is 11.6. The molecule has 5 nitrogen and oxygen atoms in total. The lowest BCUT2D eigenvalue weighted by Gasteiger charge is -2.16. The number of carbonyl (C=O) groups excluding carboxylic acids is 1. The van der Waals surface area contributed by atoms with E-state index in [4.69, 9.17) is 4.74 Å². The van der Waals surface area contributed by atoms with Gasteiger partial charge in [-0.1, -0.05) is 12.1 Å². The Bertz CT molecular complexity index is 563. The Labute approximate surface area is 105 Å². The third-order valence-electron chi connectivity index (χ3n) is 2.83. The Morgan fingerprint density at radius 3 is 2.94 bits per heavy atom. The molecule has 0 fully saturated rings. The van der Waals surface area contributed by atoms with Crippen molar-refractivity contribution in [2.24, 2.45) is 0 Å². The first-order valence-electron chi connectivity index (χ1n) is 5.52. The molecule has 0 amide bonds. The van der Waals surface area contributed by atoms with E-state index < -0.39 is 5.97 Å². The van der Waals surface area contributed by atoms with E-state index in [9.17, 15) is 9.90 Å². The van der Waals surface area contributed by atoms with Crippen LogP contribution < -0.4 is 0 Å². The summed E-state index contributed by atoms with van der Waals surface area (Å²) in [6.45, 7) is 1.92. The third-order valence-corrected chi connectivity index (χ3v) is 2.83. The molecular formula is C13H14N2O3. The lowest BCUT2D eigenvalue weighted by Crippen LogP contribution is -2.14. The van der Waals surface area contributed by atoms with Gasteiger partial charge in [-0.05, 0) is 24.6 Å². The van der Waals surface area contributed by atoms with Crippen LogP contribution in [0.5, 0.6) is 5.75 Å². The fourth-order valence-electron chi connectivity index (χ4n) is 1.82. The van der Waals surface area contributed by atoms with Crippen LogP contribution in [0.25, 0.3) is 0 Å². The van der Waals surface area contributed by atoms with E-state index >= 15 is 0 Å². The Kier molecular flexibility index (Phi) is 3.32. The number of aromatic hydroxyl groups is 1. The smallest absolute Gasteiger partial charge is 0.356 e. The van der Waals surface area contributed by atoms with Crippen LogP contribution in [0.15, 0.2) is 36.8 Å². The largest absolute Gasteiger partial charge is 0.508 e. The Balaban J connectivity index is 2.37. The number of phenolic OH excluding ortho intramolecular Hbond substituents is 1. The number of imidazole rings is 1. The minimum absolute atomic E-state index is 0.117. The molecule has 18 heavy (non-hydrogen) atoms. The van der Waals surface area contributed by atoms with Crippen molar-refractivity contribution in [2.45, 2.75) is 13.0 Å². The number of aromatic nitrogens is 2. The van der Waals surface area contributed by atoms with Gasteiger partial charge in [0, 0.05) is 0 Å². The van der Waals surface area contributed by atoms with Gasteiger partial charge in [0.1, 0.15) is 11.4 Å². The molecule has 0 radical (unpaired) electrons. The number of ether oxygens (including phenoxy) is 1. The number of methoxy groups -OCH3 is 1. The molecular weight excluding hydrogens is 232 g/mol. The van der Waals surface area contributed by atoms with Crippen molar-refractivity contribution >= 4 is 5.97 Å². The number of phenols is 1. The van der Waals surface area contributed by atoms with Crippen LogP contribution in [0.4, 0.5) is 0 Å². The standard InChI is InChI=1S/C13H14N2O3/c1-9(10-4-3-5-11(16)6-10)15-8-14-7-12(15)13(17)18-2/h3-9,16H,1-2H3. The van der Waals surface area contributed by atoms with E-state index in [0.717, 1.165) is 5.56 Å². The number of hydrogen-bond acceptors (Lipinski definition) is 4.